The molecule has 0 bridgehead atoms. The fourth-order valence-corrected chi connectivity index (χ4v) is 5.31. The highest BCUT2D eigenvalue weighted by Gasteiger charge is 2.23. The second-order valence-electron chi connectivity index (χ2n) is 8.40. The first-order valence-electron chi connectivity index (χ1n) is 11.0. The van der Waals surface area contributed by atoms with E-state index in [2.05, 4.69) is 31.7 Å². The number of benzene rings is 1. The number of aromatic nitrogens is 3. The molecule has 5 rings (SSSR count). The largest absolute Gasteiger partial charge is 0.491 e. The lowest BCUT2D eigenvalue weighted by Gasteiger charge is -2.23. The van der Waals surface area contributed by atoms with Crippen molar-refractivity contribution in [3.63, 3.8) is 0 Å². The molecule has 4 heterocycles. The van der Waals surface area contributed by atoms with Crippen molar-refractivity contribution in [1.82, 2.24) is 25.2 Å². The zero-order valence-corrected chi connectivity index (χ0v) is 19.1. The van der Waals surface area contributed by atoms with Gasteiger partial charge < -0.3 is 20.4 Å². The Morgan fingerprint density at radius 1 is 1.31 bits per heavy atom. The predicted octanol–water partition coefficient (Wildman–Crippen LogP) is 3.53. The molecule has 0 radical (unpaired) electrons. The highest BCUT2D eigenvalue weighted by atomic mass is 32.1. The van der Waals surface area contributed by atoms with Crippen molar-refractivity contribution in [1.29, 1.82) is 0 Å². The van der Waals surface area contributed by atoms with Gasteiger partial charge in [-0.2, -0.15) is 0 Å². The number of pyridine rings is 1. The Bertz CT molecular complexity index is 1330. The van der Waals surface area contributed by atoms with Crippen molar-refractivity contribution < 1.29 is 9.53 Å². The molecule has 166 valence electrons. The van der Waals surface area contributed by atoms with Crippen LogP contribution in [0.3, 0.4) is 0 Å². The van der Waals surface area contributed by atoms with Crippen molar-refractivity contribution in [3.8, 4) is 11.4 Å². The molecule has 1 fully saturated rings. The minimum absolute atomic E-state index is 0.0633. The van der Waals surface area contributed by atoms with Crippen LogP contribution in [0.5, 0.6) is 5.75 Å². The molecule has 32 heavy (non-hydrogen) atoms. The van der Waals surface area contributed by atoms with Gasteiger partial charge in [-0.1, -0.05) is 6.58 Å². The number of nitrogens with zero attached hydrogens (tertiary/aromatic N) is 2. The SMILES string of the molecule is C=c1[nH]c2c(C(=O)NC3CCCNC3)sc3nccc(c32)n1-c1ccc(OC(C)C)cc1. The van der Waals surface area contributed by atoms with Crippen LogP contribution in [-0.2, 0) is 0 Å². The summed E-state index contributed by atoms with van der Waals surface area (Å²) in [6.07, 6.45) is 3.97. The van der Waals surface area contributed by atoms with E-state index >= 15 is 0 Å². The summed E-state index contributed by atoms with van der Waals surface area (Å²) in [6.45, 7) is 10.1. The van der Waals surface area contributed by atoms with Gasteiger partial charge in [0, 0.05) is 24.5 Å². The molecule has 3 aromatic heterocycles. The number of hydrogen-bond acceptors (Lipinski definition) is 5. The number of carbonyl (C=O) groups is 1. The number of thiophene rings is 1. The van der Waals surface area contributed by atoms with Crippen LogP contribution >= 0.6 is 11.3 Å². The van der Waals surface area contributed by atoms with Crippen LogP contribution < -0.4 is 20.9 Å². The standard InChI is InChI=1S/C24H27N5O2S/c1-14(2)31-18-8-6-17(7-9-18)29-15(3)27-21-20-19(29)10-12-26-24(20)32-22(21)23(30)28-16-5-4-11-25-13-16/h6-10,12,14,16,25,27H,3-5,11,13H2,1-2H3,(H,28,30). The molecular weight excluding hydrogens is 422 g/mol. The molecule has 3 N–H and O–H groups in total. The van der Waals surface area contributed by atoms with Crippen molar-refractivity contribution in [2.75, 3.05) is 13.1 Å². The number of rotatable bonds is 5. The molecule has 1 aliphatic rings. The summed E-state index contributed by atoms with van der Waals surface area (Å²) in [5.41, 5.74) is 3.40. The van der Waals surface area contributed by atoms with Gasteiger partial charge in [-0.25, -0.2) is 4.98 Å². The summed E-state index contributed by atoms with van der Waals surface area (Å²) >= 11 is 1.41. The molecule has 1 saturated heterocycles. The summed E-state index contributed by atoms with van der Waals surface area (Å²) in [7, 11) is 0. The molecule has 4 aromatic rings. The maximum absolute atomic E-state index is 13.1. The number of ether oxygens (including phenoxy) is 1. The first-order valence-corrected chi connectivity index (χ1v) is 11.8. The summed E-state index contributed by atoms with van der Waals surface area (Å²) in [5, 5.41) is 7.47. The third-order valence-corrected chi connectivity index (χ3v) is 6.75. The Kier molecular flexibility index (Phi) is 5.48. The van der Waals surface area contributed by atoms with Gasteiger partial charge in [0.2, 0.25) is 0 Å². The zero-order valence-electron chi connectivity index (χ0n) is 18.3. The molecule has 1 aromatic carbocycles. The third kappa shape index (κ3) is 3.80. The quantitative estimate of drug-likeness (QED) is 0.435. The first-order chi connectivity index (χ1) is 15.5. The number of piperidine rings is 1. The predicted molar refractivity (Wildman–Crippen MR) is 129 cm³/mol. The zero-order chi connectivity index (χ0) is 22.2. The Morgan fingerprint density at radius 2 is 2.12 bits per heavy atom. The van der Waals surface area contributed by atoms with E-state index in [1.807, 2.05) is 44.2 Å². The normalized spacial score (nSPS) is 16.7. The average Bonchev–Trinajstić information content (AvgIpc) is 3.15. The van der Waals surface area contributed by atoms with Gasteiger partial charge in [0.1, 0.15) is 20.9 Å². The van der Waals surface area contributed by atoms with E-state index in [1.54, 1.807) is 6.20 Å². The van der Waals surface area contributed by atoms with E-state index in [1.165, 1.54) is 11.3 Å². The van der Waals surface area contributed by atoms with Gasteiger partial charge in [0.15, 0.2) is 0 Å². The van der Waals surface area contributed by atoms with Crippen molar-refractivity contribution in [2.45, 2.75) is 38.8 Å². The van der Waals surface area contributed by atoms with Gasteiger partial charge >= 0.3 is 0 Å². The second-order valence-corrected chi connectivity index (χ2v) is 9.40. The lowest BCUT2D eigenvalue weighted by Crippen LogP contribution is -2.45. The maximum Gasteiger partial charge on any atom is 0.263 e. The molecule has 7 nitrogen and oxygen atoms in total. The maximum atomic E-state index is 13.1. The molecule has 0 saturated carbocycles. The fraction of sp³-hybridized carbons (Fsp3) is 0.333. The number of amides is 1. The molecule has 1 aliphatic heterocycles. The molecule has 1 unspecified atom stereocenters. The Hall–Kier alpha value is -3.10. The topological polar surface area (TPSA) is 84.0 Å². The second kappa shape index (κ2) is 8.44. The van der Waals surface area contributed by atoms with Crippen LogP contribution in [0, 0.1) is 0 Å². The smallest absolute Gasteiger partial charge is 0.263 e. The van der Waals surface area contributed by atoms with Gasteiger partial charge in [0.05, 0.1) is 22.5 Å². The van der Waals surface area contributed by atoms with Crippen LogP contribution in [0.2, 0.25) is 0 Å². The number of hydrogen-bond donors (Lipinski definition) is 3. The van der Waals surface area contributed by atoms with E-state index < -0.39 is 0 Å². The average molecular weight is 450 g/mol. The summed E-state index contributed by atoms with van der Waals surface area (Å²) < 4.78 is 7.83. The molecule has 0 aliphatic carbocycles. The van der Waals surface area contributed by atoms with Crippen LogP contribution in [0.1, 0.15) is 36.4 Å². The summed E-state index contributed by atoms with van der Waals surface area (Å²) in [5.74, 6) is 0.762. The van der Waals surface area contributed by atoms with Gasteiger partial charge in [-0.05, 0) is 63.6 Å². The number of H-pyrrole nitrogens is 1. The Labute approximate surface area is 190 Å². The minimum atomic E-state index is -0.0633. The van der Waals surface area contributed by atoms with Crippen molar-refractivity contribution in [2.24, 2.45) is 0 Å². The molecule has 1 amide bonds. The van der Waals surface area contributed by atoms with Crippen LogP contribution in [0.4, 0.5) is 0 Å². The summed E-state index contributed by atoms with van der Waals surface area (Å²) in [4.78, 5) is 22.5. The molecule has 1 atom stereocenters. The van der Waals surface area contributed by atoms with E-state index in [0.29, 0.717) is 10.4 Å². The fourth-order valence-electron chi connectivity index (χ4n) is 4.28. The highest BCUT2D eigenvalue weighted by Crippen LogP contribution is 2.33. The Morgan fingerprint density at radius 3 is 2.84 bits per heavy atom. The van der Waals surface area contributed by atoms with Crippen LogP contribution in [0.15, 0.2) is 36.5 Å². The summed E-state index contributed by atoms with van der Waals surface area (Å²) in [6, 6.07) is 10.1. The highest BCUT2D eigenvalue weighted by molar-refractivity contribution is 7.21. The van der Waals surface area contributed by atoms with E-state index in [9.17, 15) is 4.79 Å². The van der Waals surface area contributed by atoms with E-state index in [4.69, 9.17) is 4.74 Å². The van der Waals surface area contributed by atoms with Crippen molar-refractivity contribution in [3.05, 3.63) is 46.9 Å². The van der Waals surface area contributed by atoms with Crippen molar-refractivity contribution >= 4 is 45.1 Å². The number of nitrogens with one attached hydrogen (secondary N) is 3. The van der Waals surface area contributed by atoms with Crippen LogP contribution in [0.25, 0.3) is 33.5 Å². The van der Waals surface area contributed by atoms with Crippen LogP contribution in [-0.4, -0.2) is 45.7 Å². The van der Waals surface area contributed by atoms with Gasteiger partial charge in [-0.15, -0.1) is 11.3 Å². The van der Waals surface area contributed by atoms with E-state index in [-0.39, 0.29) is 18.1 Å². The van der Waals surface area contributed by atoms with Gasteiger partial charge in [0.25, 0.3) is 5.91 Å². The lowest BCUT2D eigenvalue weighted by atomic mass is 10.1. The first kappa shape index (κ1) is 20.8. The monoisotopic (exact) mass is 449 g/mol. The van der Waals surface area contributed by atoms with Gasteiger partial charge in [-0.3, -0.25) is 9.36 Å². The third-order valence-electron chi connectivity index (χ3n) is 5.66. The molecule has 0 spiro atoms. The number of carbonyl (C=O) groups excluding carboxylic acids is 1. The minimum Gasteiger partial charge on any atom is -0.491 e. The molecule has 8 heteroatoms. The number of aromatic amines is 1. The van der Waals surface area contributed by atoms with E-state index in [0.717, 1.165) is 58.6 Å². The lowest BCUT2D eigenvalue weighted by molar-refractivity contribution is 0.0936. The molecular formula is C24H27N5O2S. The Balaban J connectivity index is 1.58.